The molecule has 1 saturated carbocycles. The summed E-state index contributed by atoms with van der Waals surface area (Å²) in [5.41, 5.74) is 6.98. The molecule has 1 aromatic carbocycles. The largest absolute Gasteiger partial charge is 0.454 e. The Bertz CT molecular complexity index is 787. The minimum absolute atomic E-state index is 0.299. The second kappa shape index (κ2) is 10.3. The Morgan fingerprint density at radius 1 is 0.969 bits per heavy atom. The van der Waals surface area contributed by atoms with E-state index in [2.05, 4.69) is 21.2 Å². The molecule has 176 valence electrons. The lowest BCUT2D eigenvalue weighted by Gasteiger charge is -2.38. The van der Waals surface area contributed by atoms with Crippen molar-refractivity contribution >= 4 is 11.6 Å². The van der Waals surface area contributed by atoms with Crippen molar-refractivity contribution in [1.82, 2.24) is 9.80 Å². The Hall–Kier alpha value is -1.99. The fourth-order valence-corrected chi connectivity index (χ4v) is 5.87. The van der Waals surface area contributed by atoms with Gasteiger partial charge in [0.05, 0.1) is 0 Å². The van der Waals surface area contributed by atoms with E-state index in [4.69, 9.17) is 20.2 Å². The predicted molar refractivity (Wildman–Crippen MR) is 128 cm³/mol. The van der Waals surface area contributed by atoms with Gasteiger partial charge in [0.1, 0.15) is 0 Å². The fourth-order valence-electron chi connectivity index (χ4n) is 5.87. The van der Waals surface area contributed by atoms with E-state index >= 15 is 0 Å². The molecule has 3 heterocycles. The van der Waals surface area contributed by atoms with Gasteiger partial charge in [0.2, 0.25) is 6.79 Å². The van der Waals surface area contributed by atoms with E-state index in [1.54, 1.807) is 0 Å². The molecule has 7 heteroatoms. The molecule has 0 spiro atoms. The van der Waals surface area contributed by atoms with Crippen molar-refractivity contribution in [3.8, 4) is 11.5 Å². The van der Waals surface area contributed by atoms with Gasteiger partial charge in [-0.1, -0.05) is 6.42 Å². The van der Waals surface area contributed by atoms with Crippen LogP contribution in [0.2, 0.25) is 0 Å². The molecular weight excluding hydrogens is 402 g/mol. The van der Waals surface area contributed by atoms with Crippen LogP contribution in [0, 0.1) is 11.8 Å². The van der Waals surface area contributed by atoms with Gasteiger partial charge in [-0.15, -0.1) is 0 Å². The molecule has 2 atom stereocenters. The lowest BCUT2D eigenvalue weighted by atomic mass is 9.81. The number of piperidine rings is 1. The van der Waals surface area contributed by atoms with E-state index in [-0.39, 0.29) is 0 Å². The van der Waals surface area contributed by atoms with Crippen molar-refractivity contribution < 1.29 is 9.47 Å². The molecule has 3 aliphatic heterocycles. The Balaban J connectivity index is 1.27. The van der Waals surface area contributed by atoms with E-state index in [1.165, 1.54) is 64.5 Å². The molecule has 3 N–H and O–H groups in total. The quantitative estimate of drug-likeness (QED) is 0.538. The van der Waals surface area contributed by atoms with Gasteiger partial charge in [0, 0.05) is 37.4 Å². The first-order valence-electron chi connectivity index (χ1n) is 12.7. The number of aliphatic imine (C=N–C) groups is 1. The van der Waals surface area contributed by atoms with E-state index in [1.807, 2.05) is 12.1 Å². The monoisotopic (exact) mass is 441 g/mol. The van der Waals surface area contributed by atoms with Gasteiger partial charge in [-0.3, -0.25) is 4.99 Å². The Kier molecular flexibility index (Phi) is 7.03. The van der Waals surface area contributed by atoms with E-state index < -0.39 is 0 Å². The normalized spacial score (nSPS) is 27.2. The Labute approximate surface area is 192 Å². The number of nitrogens with zero attached hydrogens (tertiary/aromatic N) is 3. The van der Waals surface area contributed by atoms with Crippen LogP contribution in [-0.4, -0.2) is 67.9 Å². The molecular formula is C25H39N5O2. The molecule has 3 fully saturated rings. The second-order valence-corrected chi connectivity index (χ2v) is 9.95. The summed E-state index contributed by atoms with van der Waals surface area (Å²) in [7, 11) is 0. The predicted octanol–water partition coefficient (Wildman–Crippen LogP) is 3.51. The molecule has 4 aliphatic rings. The van der Waals surface area contributed by atoms with Crippen LogP contribution in [-0.2, 0) is 0 Å². The highest BCUT2D eigenvalue weighted by atomic mass is 16.7. The average molecular weight is 442 g/mol. The summed E-state index contributed by atoms with van der Waals surface area (Å²) in [4.78, 5) is 10.3. The molecule has 0 radical (unpaired) electrons. The van der Waals surface area contributed by atoms with Crippen LogP contribution < -0.4 is 20.5 Å². The zero-order valence-electron chi connectivity index (χ0n) is 19.3. The number of fused-ring (bicyclic) bond motifs is 1. The highest BCUT2D eigenvalue weighted by Crippen LogP contribution is 2.34. The number of anilines is 1. The number of hydrogen-bond donors (Lipinski definition) is 2. The molecule has 7 nitrogen and oxygen atoms in total. The van der Waals surface area contributed by atoms with Crippen LogP contribution in [0.5, 0.6) is 11.5 Å². The maximum Gasteiger partial charge on any atom is 0.231 e. The Morgan fingerprint density at radius 3 is 2.56 bits per heavy atom. The highest BCUT2D eigenvalue weighted by Gasteiger charge is 2.28. The van der Waals surface area contributed by atoms with Crippen molar-refractivity contribution in [2.45, 2.75) is 57.4 Å². The lowest BCUT2D eigenvalue weighted by Crippen LogP contribution is -2.48. The van der Waals surface area contributed by atoms with E-state index in [0.717, 1.165) is 55.4 Å². The molecule has 1 aliphatic carbocycles. The van der Waals surface area contributed by atoms with Crippen LogP contribution in [0.3, 0.4) is 0 Å². The van der Waals surface area contributed by atoms with Crippen LogP contribution in [0.1, 0.15) is 51.4 Å². The summed E-state index contributed by atoms with van der Waals surface area (Å²) in [6, 6.07) is 6.81. The van der Waals surface area contributed by atoms with Crippen LogP contribution in [0.4, 0.5) is 5.69 Å². The van der Waals surface area contributed by atoms with Gasteiger partial charge < -0.3 is 30.3 Å². The number of nitrogens with two attached hydrogens (primary N) is 1. The number of hydrogen-bond acceptors (Lipinski definition) is 5. The molecule has 0 aromatic heterocycles. The smallest absolute Gasteiger partial charge is 0.231 e. The number of likely N-dealkylation sites (tertiary alicyclic amines) is 2. The zero-order valence-corrected chi connectivity index (χ0v) is 19.3. The highest BCUT2D eigenvalue weighted by molar-refractivity contribution is 5.94. The summed E-state index contributed by atoms with van der Waals surface area (Å²) >= 11 is 0. The molecule has 2 saturated heterocycles. The number of ether oxygens (including phenoxy) is 2. The number of nitrogens with one attached hydrogen (secondary N) is 1. The minimum atomic E-state index is 0.299. The van der Waals surface area contributed by atoms with Crippen molar-refractivity contribution in [2.24, 2.45) is 22.6 Å². The van der Waals surface area contributed by atoms with E-state index in [0.29, 0.717) is 18.6 Å². The standard InChI is InChI=1S/C25H39N5O2/c26-16-19-4-3-5-20(14-19)17-27-25(28-21-6-7-23-24(15-21)32-18-31-23)30-12-8-22(9-13-30)29-10-1-2-11-29/h6-7,15,19-20,22H,1-5,8-14,16-18,26H2,(H,27,28). The second-order valence-electron chi connectivity index (χ2n) is 9.95. The third-order valence-corrected chi connectivity index (χ3v) is 7.77. The van der Waals surface area contributed by atoms with E-state index in [9.17, 15) is 0 Å². The molecule has 0 bridgehead atoms. The summed E-state index contributed by atoms with van der Waals surface area (Å²) in [5, 5.41) is 3.63. The first-order chi connectivity index (χ1) is 15.8. The molecule has 0 amide bonds. The van der Waals surface area contributed by atoms with Crippen LogP contribution in [0.25, 0.3) is 0 Å². The number of rotatable bonds is 5. The molecule has 1 aromatic rings. The molecule has 2 unspecified atom stereocenters. The average Bonchev–Trinajstić information content (AvgIpc) is 3.54. The van der Waals surface area contributed by atoms with Crippen molar-refractivity contribution in [1.29, 1.82) is 0 Å². The van der Waals surface area contributed by atoms with Crippen molar-refractivity contribution in [3.05, 3.63) is 18.2 Å². The first-order valence-corrected chi connectivity index (χ1v) is 12.7. The third kappa shape index (κ3) is 5.15. The van der Waals surface area contributed by atoms with Gasteiger partial charge in [0.15, 0.2) is 17.5 Å². The van der Waals surface area contributed by atoms with Crippen LogP contribution in [0.15, 0.2) is 23.2 Å². The fraction of sp³-hybridized carbons (Fsp3) is 0.720. The van der Waals surface area contributed by atoms with Gasteiger partial charge >= 0.3 is 0 Å². The van der Waals surface area contributed by atoms with Crippen molar-refractivity contribution in [3.63, 3.8) is 0 Å². The first kappa shape index (κ1) is 21.8. The summed E-state index contributed by atoms with van der Waals surface area (Å²) in [6.45, 7) is 6.69. The van der Waals surface area contributed by atoms with Gasteiger partial charge in [-0.25, -0.2) is 0 Å². The van der Waals surface area contributed by atoms with Crippen molar-refractivity contribution in [2.75, 3.05) is 51.4 Å². The number of guanidine groups is 1. The SMILES string of the molecule is NCC1CCCC(CN=C(Nc2ccc3c(c2)OCO3)N2CCC(N3CCCC3)CC2)C1. The molecule has 32 heavy (non-hydrogen) atoms. The summed E-state index contributed by atoms with van der Waals surface area (Å²) < 4.78 is 11.1. The zero-order chi connectivity index (χ0) is 21.8. The minimum Gasteiger partial charge on any atom is -0.454 e. The summed E-state index contributed by atoms with van der Waals surface area (Å²) in [5.74, 6) is 3.95. The third-order valence-electron chi connectivity index (χ3n) is 7.77. The Morgan fingerprint density at radius 2 is 1.75 bits per heavy atom. The topological polar surface area (TPSA) is 75.3 Å². The summed E-state index contributed by atoms with van der Waals surface area (Å²) in [6.07, 6.45) is 10.2. The van der Waals surface area contributed by atoms with Gasteiger partial charge in [-0.05, 0) is 88.5 Å². The van der Waals surface area contributed by atoms with Gasteiger partial charge in [-0.2, -0.15) is 0 Å². The van der Waals surface area contributed by atoms with Crippen LogP contribution >= 0.6 is 0 Å². The van der Waals surface area contributed by atoms with Gasteiger partial charge in [0.25, 0.3) is 0 Å². The maximum atomic E-state index is 5.97. The lowest BCUT2D eigenvalue weighted by molar-refractivity contribution is 0.163. The molecule has 5 rings (SSSR count). The number of benzene rings is 1. The maximum absolute atomic E-state index is 5.97.